The fraction of sp³-hybridized carbons (Fsp3) is 0.500. The molecule has 6 heteroatoms. The maximum absolute atomic E-state index is 12.2. The number of nitrogens with zero attached hydrogens (tertiary/aromatic N) is 1. The molecule has 3 rings (SSSR count). The van der Waals surface area contributed by atoms with Gasteiger partial charge in [0, 0.05) is 12.0 Å². The lowest BCUT2D eigenvalue weighted by molar-refractivity contribution is -0.384. The number of nitro groups is 1. The van der Waals surface area contributed by atoms with Gasteiger partial charge in [-0.3, -0.25) is 14.9 Å². The fourth-order valence-electron chi connectivity index (χ4n) is 3.40. The molecule has 2 aliphatic carbocycles. The predicted molar refractivity (Wildman–Crippen MR) is 72.3 cm³/mol. The van der Waals surface area contributed by atoms with Crippen LogP contribution in [0.5, 0.6) is 5.75 Å². The first-order chi connectivity index (χ1) is 9.59. The summed E-state index contributed by atoms with van der Waals surface area (Å²) < 4.78 is 0. The highest BCUT2D eigenvalue weighted by Gasteiger charge is 2.54. The van der Waals surface area contributed by atoms with Gasteiger partial charge >= 0.3 is 0 Å². The van der Waals surface area contributed by atoms with E-state index in [1.165, 1.54) is 18.2 Å². The Morgan fingerprint density at radius 2 is 1.95 bits per heavy atom. The van der Waals surface area contributed by atoms with Crippen molar-refractivity contribution in [2.24, 2.45) is 17.8 Å². The SMILES string of the molecule is O=C(Nc1c(O)cccc1[N+](=O)[O-])C1C2CCCCC21. The van der Waals surface area contributed by atoms with Crippen molar-refractivity contribution in [2.75, 3.05) is 5.32 Å². The number of fused-ring (bicyclic) bond motifs is 1. The minimum atomic E-state index is -0.602. The summed E-state index contributed by atoms with van der Waals surface area (Å²) in [6.45, 7) is 0. The second-order valence-corrected chi connectivity index (χ2v) is 5.56. The lowest BCUT2D eigenvalue weighted by Gasteiger charge is -2.07. The molecule has 6 nitrogen and oxygen atoms in total. The van der Waals surface area contributed by atoms with Crippen molar-refractivity contribution in [1.82, 2.24) is 0 Å². The number of nitro benzene ring substituents is 1. The zero-order valence-corrected chi connectivity index (χ0v) is 10.9. The zero-order chi connectivity index (χ0) is 14.3. The van der Waals surface area contributed by atoms with E-state index in [1.54, 1.807) is 0 Å². The average molecular weight is 276 g/mol. The highest BCUT2D eigenvalue weighted by Crippen LogP contribution is 2.56. The third-order valence-electron chi connectivity index (χ3n) is 4.42. The van der Waals surface area contributed by atoms with Crippen LogP contribution in [0.2, 0.25) is 0 Å². The van der Waals surface area contributed by atoms with Crippen LogP contribution in [0.1, 0.15) is 25.7 Å². The molecule has 0 bridgehead atoms. The molecule has 2 atom stereocenters. The number of phenolic OH excluding ortho intramolecular Hbond substituents is 1. The first-order valence-electron chi connectivity index (χ1n) is 6.87. The summed E-state index contributed by atoms with van der Waals surface area (Å²) in [7, 11) is 0. The summed E-state index contributed by atoms with van der Waals surface area (Å²) in [5.74, 6) is 0.335. The average Bonchev–Trinajstić information content (AvgIpc) is 3.15. The lowest BCUT2D eigenvalue weighted by Crippen LogP contribution is -2.16. The monoisotopic (exact) mass is 276 g/mol. The second-order valence-electron chi connectivity index (χ2n) is 5.56. The van der Waals surface area contributed by atoms with Crippen LogP contribution < -0.4 is 5.32 Å². The summed E-state index contributed by atoms with van der Waals surface area (Å²) in [5, 5.41) is 23.2. The maximum Gasteiger partial charge on any atom is 0.296 e. The topological polar surface area (TPSA) is 92.5 Å². The van der Waals surface area contributed by atoms with Crippen LogP contribution in [0, 0.1) is 27.9 Å². The molecule has 2 fully saturated rings. The van der Waals surface area contributed by atoms with Gasteiger partial charge in [-0.1, -0.05) is 18.9 Å². The highest BCUT2D eigenvalue weighted by atomic mass is 16.6. The summed E-state index contributed by atoms with van der Waals surface area (Å²) in [6.07, 6.45) is 4.43. The molecule has 0 saturated heterocycles. The van der Waals surface area contributed by atoms with E-state index in [1.807, 2.05) is 0 Å². The van der Waals surface area contributed by atoms with Gasteiger partial charge in [-0.15, -0.1) is 0 Å². The maximum atomic E-state index is 12.2. The molecule has 1 amide bonds. The Labute approximate surface area is 115 Å². The second kappa shape index (κ2) is 4.77. The van der Waals surface area contributed by atoms with Gasteiger partial charge in [-0.25, -0.2) is 0 Å². The number of anilines is 1. The van der Waals surface area contributed by atoms with E-state index in [0.29, 0.717) is 11.8 Å². The first-order valence-corrected chi connectivity index (χ1v) is 6.87. The molecule has 2 saturated carbocycles. The standard InChI is InChI=1S/C14H16N2O4/c17-11-7-3-6-10(16(19)20)13(11)15-14(18)12-8-4-1-2-5-9(8)12/h3,6-9,12,17H,1-2,4-5H2,(H,15,18). The summed E-state index contributed by atoms with van der Waals surface area (Å²) in [5.41, 5.74) is -0.367. The molecule has 0 radical (unpaired) electrons. The molecular weight excluding hydrogens is 260 g/mol. The number of aromatic hydroxyl groups is 1. The number of carbonyl (C=O) groups is 1. The van der Waals surface area contributed by atoms with E-state index in [4.69, 9.17) is 0 Å². The van der Waals surface area contributed by atoms with Gasteiger partial charge < -0.3 is 10.4 Å². The first kappa shape index (κ1) is 12.9. The number of para-hydroxylation sites is 1. The van der Waals surface area contributed by atoms with E-state index in [0.717, 1.165) is 25.7 Å². The fourth-order valence-corrected chi connectivity index (χ4v) is 3.40. The molecule has 0 heterocycles. The molecular formula is C14H16N2O4. The van der Waals surface area contributed by atoms with Crippen molar-refractivity contribution in [3.63, 3.8) is 0 Å². The summed E-state index contributed by atoms with van der Waals surface area (Å²) in [4.78, 5) is 22.6. The van der Waals surface area contributed by atoms with E-state index in [-0.39, 0.29) is 28.9 Å². The zero-order valence-electron chi connectivity index (χ0n) is 10.9. The van der Waals surface area contributed by atoms with Crippen LogP contribution in [0.4, 0.5) is 11.4 Å². The summed E-state index contributed by atoms with van der Waals surface area (Å²) >= 11 is 0. The van der Waals surface area contributed by atoms with E-state index >= 15 is 0 Å². The largest absolute Gasteiger partial charge is 0.505 e. The Morgan fingerprint density at radius 1 is 1.30 bits per heavy atom. The van der Waals surface area contributed by atoms with Gasteiger partial charge in [-0.2, -0.15) is 0 Å². The number of hydrogen-bond acceptors (Lipinski definition) is 4. The van der Waals surface area contributed by atoms with Crippen LogP contribution in [-0.2, 0) is 4.79 Å². The van der Waals surface area contributed by atoms with Crippen molar-refractivity contribution in [1.29, 1.82) is 0 Å². The molecule has 2 aliphatic rings. The Bertz CT molecular complexity index is 560. The summed E-state index contributed by atoms with van der Waals surface area (Å²) in [6, 6.07) is 4.00. The lowest BCUT2D eigenvalue weighted by atomic mass is 10.0. The molecule has 0 aliphatic heterocycles. The van der Waals surface area contributed by atoms with E-state index in [2.05, 4.69) is 5.32 Å². The number of carbonyl (C=O) groups excluding carboxylic acids is 1. The molecule has 0 aromatic heterocycles. The van der Waals surface area contributed by atoms with Crippen molar-refractivity contribution < 1.29 is 14.8 Å². The molecule has 106 valence electrons. The quantitative estimate of drug-likeness (QED) is 0.504. The number of hydrogen-bond donors (Lipinski definition) is 2. The van der Waals surface area contributed by atoms with Crippen LogP contribution in [-0.4, -0.2) is 15.9 Å². The Morgan fingerprint density at radius 3 is 2.55 bits per heavy atom. The third-order valence-corrected chi connectivity index (χ3v) is 4.42. The smallest absolute Gasteiger partial charge is 0.296 e. The van der Waals surface area contributed by atoms with Crippen LogP contribution in [0.25, 0.3) is 0 Å². The van der Waals surface area contributed by atoms with Crippen LogP contribution in [0.15, 0.2) is 18.2 Å². The van der Waals surface area contributed by atoms with Gasteiger partial charge in [0.1, 0.15) is 5.75 Å². The van der Waals surface area contributed by atoms with Crippen molar-refractivity contribution in [3.8, 4) is 5.75 Å². The molecule has 2 unspecified atom stereocenters. The van der Waals surface area contributed by atoms with Gasteiger partial charge in [0.2, 0.25) is 5.91 Å². The molecule has 1 aromatic rings. The van der Waals surface area contributed by atoms with Crippen molar-refractivity contribution in [2.45, 2.75) is 25.7 Å². The van der Waals surface area contributed by atoms with Gasteiger partial charge in [0.25, 0.3) is 5.69 Å². The number of amides is 1. The number of benzene rings is 1. The minimum absolute atomic E-state index is 0.0447. The predicted octanol–water partition coefficient (Wildman–Crippen LogP) is 2.68. The van der Waals surface area contributed by atoms with Gasteiger partial charge in [-0.05, 0) is 30.7 Å². The minimum Gasteiger partial charge on any atom is -0.505 e. The molecule has 0 spiro atoms. The van der Waals surface area contributed by atoms with Crippen LogP contribution >= 0.6 is 0 Å². The van der Waals surface area contributed by atoms with Crippen molar-refractivity contribution >= 4 is 17.3 Å². The molecule has 2 N–H and O–H groups in total. The Hall–Kier alpha value is -2.11. The Balaban J connectivity index is 1.78. The number of nitrogens with one attached hydrogen (secondary N) is 1. The number of rotatable bonds is 3. The Kier molecular flexibility index (Phi) is 3.08. The third kappa shape index (κ3) is 2.11. The number of phenols is 1. The normalized spacial score (nSPS) is 27.5. The highest BCUT2D eigenvalue weighted by molar-refractivity contribution is 5.98. The van der Waals surface area contributed by atoms with Gasteiger partial charge in [0.15, 0.2) is 5.69 Å². The molecule has 20 heavy (non-hydrogen) atoms. The van der Waals surface area contributed by atoms with Gasteiger partial charge in [0.05, 0.1) is 4.92 Å². The van der Waals surface area contributed by atoms with Crippen molar-refractivity contribution in [3.05, 3.63) is 28.3 Å². The van der Waals surface area contributed by atoms with Crippen LogP contribution in [0.3, 0.4) is 0 Å². The van der Waals surface area contributed by atoms with E-state index in [9.17, 15) is 20.0 Å². The van der Waals surface area contributed by atoms with E-state index < -0.39 is 4.92 Å². The molecule has 1 aromatic carbocycles.